The van der Waals surface area contributed by atoms with Gasteiger partial charge in [-0.2, -0.15) is 5.21 Å². The van der Waals surface area contributed by atoms with Crippen LogP contribution in [0, 0.1) is 0 Å². The summed E-state index contributed by atoms with van der Waals surface area (Å²) in [6.45, 7) is 0. The van der Waals surface area contributed by atoms with Gasteiger partial charge < -0.3 is 0 Å². The Morgan fingerprint density at radius 2 is 1.88 bits per heavy atom. The summed E-state index contributed by atoms with van der Waals surface area (Å²) in [6.07, 6.45) is 0. The van der Waals surface area contributed by atoms with Gasteiger partial charge in [0.2, 0.25) is 5.82 Å². The Morgan fingerprint density at radius 1 is 1.06 bits per heavy atom. The van der Waals surface area contributed by atoms with Crippen LogP contribution in [0.1, 0.15) is 0 Å². The second kappa shape index (κ2) is 3.82. The standard InChI is InChI=1S/C10H7N5S/c1-3-8(10-12-14-15-13-10)4-2-7(1)9-5-16-6-11-9/h1-6H,(H,12,13,14,15). The first-order chi connectivity index (χ1) is 7.93. The molecular weight excluding hydrogens is 222 g/mol. The van der Waals surface area contributed by atoms with E-state index in [0.29, 0.717) is 5.82 Å². The molecule has 2 heterocycles. The fraction of sp³-hybridized carbons (Fsp3) is 0. The molecule has 6 heteroatoms. The monoisotopic (exact) mass is 229 g/mol. The van der Waals surface area contributed by atoms with E-state index in [1.54, 1.807) is 11.3 Å². The molecule has 0 bridgehead atoms. The fourth-order valence-corrected chi connectivity index (χ4v) is 1.99. The minimum atomic E-state index is 0.602. The predicted molar refractivity (Wildman–Crippen MR) is 60.7 cm³/mol. The molecule has 0 spiro atoms. The van der Waals surface area contributed by atoms with E-state index in [2.05, 4.69) is 25.6 Å². The summed E-state index contributed by atoms with van der Waals surface area (Å²) in [5.41, 5.74) is 4.84. The number of aromatic nitrogens is 5. The predicted octanol–water partition coefficient (Wildman–Crippen LogP) is 1.99. The van der Waals surface area contributed by atoms with E-state index in [-0.39, 0.29) is 0 Å². The molecule has 3 rings (SSSR count). The number of H-pyrrole nitrogens is 1. The molecule has 5 nitrogen and oxygen atoms in total. The van der Waals surface area contributed by atoms with Crippen molar-refractivity contribution in [2.24, 2.45) is 0 Å². The van der Waals surface area contributed by atoms with E-state index in [0.717, 1.165) is 16.8 Å². The topological polar surface area (TPSA) is 67.3 Å². The SMILES string of the molecule is c1nc(-c2ccc(-c3nn[nH]n3)cc2)cs1. The molecule has 1 aromatic carbocycles. The molecule has 0 atom stereocenters. The van der Waals surface area contributed by atoms with Crippen LogP contribution < -0.4 is 0 Å². The van der Waals surface area contributed by atoms with E-state index in [4.69, 9.17) is 0 Å². The lowest BCUT2D eigenvalue weighted by Crippen LogP contribution is -1.82. The maximum atomic E-state index is 4.25. The zero-order chi connectivity index (χ0) is 10.8. The van der Waals surface area contributed by atoms with Crippen LogP contribution in [-0.2, 0) is 0 Å². The van der Waals surface area contributed by atoms with Gasteiger partial charge >= 0.3 is 0 Å². The maximum absolute atomic E-state index is 4.25. The highest BCUT2D eigenvalue weighted by molar-refractivity contribution is 7.07. The highest BCUT2D eigenvalue weighted by atomic mass is 32.1. The highest BCUT2D eigenvalue weighted by Crippen LogP contribution is 2.22. The molecule has 16 heavy (non-hydrogen) atoms. The first-order valence-electron chi connectivity index (χ1n) is 4.66. The van der Waals surface area contributed by atoms with Crippen LogP contribution in [0.15, 0.2) is 35.2 Å². The van der Waals surface area contributed by atoms with E-state index >= 15 is 0 Å². The number of thiazole rings is 1. The van der Waals surface area contributed by atoms with Crippen molar-refractivity contribution >= 4 is 11.3 Å². The fourth-order valence-electron chi connectivity index (χ4n) is 1.43. The lowest BCUT2D eigenvalue weighted by Gasteiger charge is -1.97. The number of nitrogens with zero attached hydrogens (tertiary/aromatic N) is 4. The van der Waals surface area contributed by atoms with Crippen molar-refractivity contribution in [3.8, 4) is 22.6 Å². The van der Waals surface area contributed by atoms with Gasteiger partial charge in [0.1, 0.15) is 0 Å². The number of tetrazole rings is 1. The summed E-state index contributed by atoms with van der Waals surface area (Å²) in [4.78, 5) is 4.25. The Balaban J connectivity index is 1.97. The third kappa shape index (κ3) is 1.59. The molecule has 0 saturated heterocycles. The highest BCUT2D eigenvalue weighted by Gasteiger charge is 2.03. The lowest BCUT2D eigenvalue weighted by atomic mass is 10.1. The smallest absolute Gasteiger partial charge is 0.204 e. The van der Waals surface area contributed by atoms with Crippen molar-refractivity contribution in [2.45, 2.75) is 0 Å². The van der Waals surface area contributed by atoms with Crippen molar-refractivity contribution in [3.63, 3.8) is 0 Å². The van der Waals surface area contributed by atoms with Crippen molar-refractivity contribution < 1.29 is 0 Å². The zero-order valence-corrected chi connectivity index (χ0v) is 8.98. The first-order valence-corrected chi connectivity index (χ1v) is 5.60. The average molecular weight is 229 g/mol. The number of hydrogen-bond acceptors (Lipinski definition) is 5. The van der Waals surface area contributed by atoms with Crippen molar-refractivity contribution in [1.29, 1.82) is 0 Å². The summed E-state index contributed by atoms with van der Waals surface area (Å²) >= 11 is 1.59. The average Bonchev–Trinajstić information content (AvgIpc) is 3.03. The molecule has 0 aliphatic heterocycles. The molecule has 0 saturated carbocycles. The van der Waals surface area contributed by atoms with Gasteiger partial charge in [-0.1, -0.05) is 24.3 Å². The third-order valence-electron chi connectivity index (χ3n) is 2.22. The summed E-state index contributed by atoms with van der Waals surface area (Å²) < 4.78 is 0. The summed E-state index contributed by atoms with van der Waals surface area (Å²) in [5.74, 6) is 0.602. The van der Waals surface area contributed by atoms with Gasteiger partial charge in [-0.15, -0.1) is 21.5 Å². The largest absolute Gasteiger partial charge is 0.245 e. The molecule has 3 aromatic rings. The molecule has 78 valence electrons. The van der Waals surface area contributed by atoms with Gasteiger partial charge in [0.25, 0.3) is 0 Å². The van der Waals surface area contributed by atoms with Gasteiger partial charge in [0, 0.05) is 16.5 Å². The second-order valence-electron chi connectivity index (χ2n) is 3.19. The van der Waals surface area contributed by atoms with Gasteiger partial charge in [-0.05, 0) is 5.21 Å². The molecule has 1 N–H and O–H groups in total. The molecule has 0 aliphatic carbocycles. The molecule has 0 unspecified atom stereocenters. The van der Waals surface area contributed by atoms with E-state index in [1.165, 1.54) is 0 Å². The Morgan fingerprint density at radius 3 is 2.50 bits per heavy atom. The normalized spacial score (nSPS) is 10.5. The number of aromatic amines is 1. The van der Waals surface area contributed by atoms with E-state index < -0.39 is 0 Å². The molecule has 0 fully saturated rings. The minimum absolute atomic E-state index is 0.602. The maximum Gasteiger partial charge on any atom is 0.204 e. The molecule has 2 aromatic heterocycles. The Hall–Kier alpha value is -2.08. The third-order valence-corrected chi connectivity index (χ3v) is 2.80. The Kier molecular flexibility index (Phi) is 2.19. The molecule has 0 radical (unpaired) electrons. The van der Waals surface area contributed by atoms with Gasteiger partial charge in [0.15, 0.2) is 0 Å². The minimum Gasteiger partial charge on any atom is -0.245 e. The number of benzene rings is 1. The van der Waals surface area contributed by atoms with Crippen LogP contribution in [-0.4, -0.2) is 25.6 Å². The van der Waals surface area contributed by atoms with Crippen molar-refractivity contribution in [1.82, 2.24) is 25.6 Å². The Bertz CT molecular complexity index is 503. The van der Waals surface area contributed by atoms with Crippen LogP contribution >= 0.6 is 11.3 Å². The van der Waals surface area contributed by atoms with E-state index in [1.807, 2.05) is 35.2 Å². The lowest BCUT2D eigenvalue weighted by molar-refractivity contribution is 0.881. The first kappa shape index (κ1) is 9.17. The quantitative estimate of drug-likeness (QED) is 0.729. The van der Waals surface area contributed by atoms with Crippen LogP contribution in [0.2, 0.25) is 0 Å². The summed E-state index contributed by atoms with van der Waals surface area (Å²) in [7, 11) is 0. The van der Waals surface area contributed by atoms with Gasteiger partial charge in [-0.25, -0.2) is 4.98 Å². The van der Waals surface area contributed by atoms with Crippen molar-refractivity contribution in [3.05, 3.63) is 35.2 Å². The summed E-state index contributed by atoms with van der Waals surface area (Å²) in [5, 5.41) is 15.8. The van der Waals surface area contributed by atoms with Gasteiger partial charge in [-0.3, -0.25) is 0 Å². The molecule has 0 amide bonds. The zero-order valence-electron chi connectivity index (χ0n) is 8.16. The number of rotatable bonds is 2. The van der Waals surface area contributed by atoms with E-state index in [9.17, 15) is 0 Å². The van der Waals surface area contributed by atoms with Gasteiger partial charge in [0.05, 0.1) is 11.2 Å². The molecule has 0 aliphatic rings. The summed E-state index contributed by atoms with van der Waals surface area (Å²) in [6, 6.07) is 7.92. The Labute approximate surface area is 95.2 Å². The van der Waals surface area contributed by atoms with Crippen LogP contribution in [0.4, 0.5) is 0 Å². The van der Waals surface area contributed by atoms with Crippen LogP contribution in [0.3, 0.4) is 0 Å². The van der Waals surface area contributed by atoms with Crippen LogP contribution in [0.5, 0.6) is 0 Å². The van der Waals surface area contributed by atoms with Crippen molar-refractivity contribution in [2.75, 3.05) is 0 Å². The number of nitrogens with one attached hydrogen (secondary N) is 1. The van der Waals surface area contributed by atoms with Crippen LogP contribution in [0.25, 0.3) is 22.6 Å². The molecular formula is C10H7N5S. The second-order valence-corrected chi connectivity index (χ2v) is 3.91. The number of hydrogen-bond donors (Lipinski definition) is 1.